The van der Waals surface area contributed by atoms with Crippen molar-refractivity contribution in [3.63, 3.8) is 0 Å². The number of para-hydroxylation sites is 1. The Hall–Kier alpha value is -1.79. The van der Waals surface area contributed by atoms with E-state index in [1.54, 1.807) is 26.2 Å². The molecule has 0 bridgehead atoms. The molecular formula is C18H23NO4S. The van der Waals surface area contributed by atoms with Gasteiger partial charge in [0.05, 0.1) is 22.4 Å². The van der Waals surface area contributed by atoms with Gasteiger partial charge in [-0.05, 0) is 37.1 Å². The Bertz CT molecular complexity index is 797. The Morgan fingerprint density at radius 2 is 2.04 bits per heavy atom. The maximum absolute atomic E-state index is 12.4. The van der Waals surface area contributed by atoms with Crippen molar-refractivity contribution < 1.29 is 17.6 Å². The third-order valence-electron chi connectivity index (χ3n) is 4.44. The summed E-state index contributed by atoms with van der Waals surface area (Å²) in [4.78, 5) is 2.56. The summed E-state index contributed by atoms with van der Waals surface area (Å²) in [6, 6.07) is 11.2. The van der Waals surface area contributed by atoms with E-state index in [-0.39, 0.29) is 11.8 Å². The average Bonchev–Trinajstić information content (AvgIpc) is 3.24. The van der Waals surface area contributed by atoms with Crippen LogP contribution in [0.1, 0.15) is 37.3 Å². The second-order valence-electron chi connectivity index (χ2n) is 5.96. The summed E-state index contributed by atoms with van der Waals surface area (Å²) in [6.07, 6.45) is 1.95. The normalized spacial score (nSPS) is 18.2. The van der Waals surface area contributed by atoms with E-state index in [9.17, 15) is 8.42 Å². The molecule has 1 aromatic heterocycles. The predicted octanol–water partition coefficient (Wildman–Crippen LogP) is 3.56. The molecule has 0 amide bonds. The fourth-order valence-corrected chi connectivity index (χ4v) is 4.36. The van der Waals surface area contributed by atoms with Crippen LogP contribution in [0, 0.1) is 0 Å². The van der Waals surface area contributed by atoms with Gasteiger partial charge in [0.25, 0.3) is 0 Å². The number of hydrogen-bond donors (Lipinski definition) is 0. The van der Waals surface area contributed by atoms with Gasteiger partial charge in [-0.25, -0.2) is 8.42 Å². The van der Waals surface area contributed by atoms with E-state index in [1.807, 2.05) is 24.3 Å². The Morgan fingerprint density at radius 3 is 2.79 bits per heavy atom. The van der Waals surface area contributed by atoms with E-state index in [0.717, 1.165) is 36.6 Å². The quantitative estimate of drug-likeness (QED) is 0.798. The second kappa shape index (κ2) is 6.99. The minimum Gasteiger partial charge on any atom is -0.461 e. The molecule has 1 saturated heterocycles. The van der Waals surface area contributed by atoms with Gasteiger partial charge in [-0.1, -0.05) is 19.1 Å². The van der Waals surface area contributed by atoms with Crippen molar-refractivity contribution in [1.82, 2.24) is 0 Å². The molecule has 130 valence electrons. The van der Waals surface area contributed by atoms with Gasteiger partial charge in [-0.3, -0.25) is 0 Å². The summed E-state index contributed by atoms with van der Waals surface area (Å²) >= 11 is 0. The van der Waals surface area contributed by atoms with Crippen molar-refractivity contribution in [3.05, 3.63) is 47.9 Å². The van der Waals surface area contributed by atoms with Crippen LogP contribution in [0.5, 0.6) is 0 Å². The number of hydrogen-bond acceptors (Lipinski definition) is 5. The Labute approximate surface area is 143 Å². The van der Waals surface area contributed by atoms with Crippen LogP contribution in [0.15, 0.2) is 45.7 Å². The van der Waals surface area contributed by atoms with E-state index in [0.29, 0.717) is 11.5 Å². The van der Waals surface area contributed by atoms with Crippen LogP contribution in [-0.2, 0) is 21.2 Å². The molecule has 0 N–H and O–H groups in total. The van der Waals surface area contributed by atoms with Crippen LogP contribution in [0.25, 0.3) is 0 Å². The molecule has 0 aliphatic carbocycles. The van der Waals surface area contributed by atoms with Gasteiger partial charge >= 0.3 is 0 Å². The van der Waals surface area contributed by atoms with Gasteiger partial charge in [0, 0.05) is 13.7 Å². The summed E-state index contributed by atoms with van der Waals surface area (Å²) in [7, 11) is -1.63. The first kappa shape index (κ1) is 17.0. The molecule has 3 rings (SSSR count). The molecule has 0 radical (unpaired) electrons. The van der Waals surface area contributed by atoms with Crippen LogP contribution in [0.4, 0.5) is 5.69 Å². The number of methoxy groups -OCH3 is 1. The largest absolute Gasteiger partial charge is 0.461 e. The number of nitrogens with zero attached hydrogens (tertiary/aromatic N) is 1. The Balaban J connectivity index is 1.97. The monoisotopic (exact) mass is 349 g/mol. The molecule has 1 aliphatic rings. The van der Waals surface area contributed by atoms with Crippen molar-refractivity contribution in [3.8, 4) is 0 Å². The van der Waals surface area contributed by atoms with Gasteiger partial charge in [0.2, 0.25) is 0 Å². The number of furan rings is 1. The van der Waals surface area contributed by atoms with Crippen LogP contribution in [0.2, 0.25) is 0 Å². The zero-order valence-electron chi connectivity index (χ0n) is 14.1. The van der Waals surface area contributed by atoms with Crippen molar-refractivity contribution in [2.24, 2.45) is 0 Å². The first-order valence-corrected chi connectivity index (χ1v) is 9.88. The highest BCUT2D eigenvalue weighted by Gasteiger charge is 2.32. The molecule has 6 heteroatoms. The number of ether oxygens (including phenoxy) is 1. The molecule has 1 aromatic carbocycles. The fraction of sp³-hybridized carbons (Fsp3) is 0.444. The first-order chi connectivity index (χ1) is 11.6. The summed E-state index contributed by atoms with van der Waals surface area (Å²) in [5, 5.41) is 0. The zero-order valence-corrected chi connectivity index (χ0v) is 14.9. The van der Waals surface area contributed by atoms with Gasteiger partial charge in [-0.15, -0.1) is 0 Å². The van der Waals surface area contributed by atoms with E-state index >= 15 is 0 Å². The highest BCUT2D eigenvalue weighted by atomic mass is 32.2. The van der Waals surface area contributed by atoms with Crippen LogP contribution in [0.3, 0.4) is 0 Å². The van der Waals surface area contributed by atoms with Crippen LogP contribution < -0.4 is 4.90 Å². The van der Waals surface area contributed by atoms with E-state index < -0.39 is 9.84 Å². The van der Waals surface area contributed by atoms with Crippen molar-refractivity contribution in [1.29, 1.82) is 0 Å². The highest BCUT2D eigenvalue weighted by molar-refractivity contribution is 7.91. The molecule has 1 unspecified atom stereocenters. The topological polar surface area (TPSA) is 59.8 Å². The number of anilines is 1. The minimum absolute atomic E-state index is 0.0591. The zero-order chi connectivity index (χ0) is 17.2. The molecule has 2 heterocycles. The number of benzene rings is 1. The van der Waals surface area contributed by atoms with Crippen molar-refractivity contribution >= 4 is 15.5 Å². The molecule has 1 fully saturated rings. The molecule has 0 saturated carbocycles. The third kappa shape index (κ3) is 3.21. The van der Waals surface area contributed by atoms with Gasteiger partial charge in [0.15, 0.2) is 9.84 Å². The molecular weight excluding hydrogens is 326 g/mol. The molecule has 2 aromatic rings. The SMILES string of the molecule is CCS(=O)(=O)c1ccccc1N1CCCC1c1ccc(COC)o1. The van der Waals surface area contributed by atoms with Gasteiger partial charge in [-0.2, -0.15) is 0 Å². The van der Waals surface area contributed by atoms with Gasteiger partial charge in [0.1, 0.15) is 18.1 Å². The lowest BCUT2D eigenvalue weighted by atomic mass is 10.1. The van der Waals surface area contributed by atoms with E-state index in [1.165, 1.54) is 0 Å². The highest BCUT2D eigenvalue weighted by Crippen LogP contribution is 2.39. The van der Waals surface area contributed by atoms with Crippen LogP contribution in [-0.4, -0.2) is 27.8 Å². The standard InChI is InChI=1S/C18H23NO4S/c1-3-24(20,21)18-9-5-4-7-16(18)19-12-6-8-15(19)17-11-10-14(23-17)13-22-2/h4-5,7,9-11,15H,3,6,8,12-13H2,1-2H3. The molecule has 24 heavy (non-hydrogen) atoms. The number of rotatable bonds is 6. The molecule has 1 aliphatic heterocycles. The van der Waals surface area contributed by atoms with Crippen molar-refractivity contribution in [2.45, 2.75) is 37.3 Å². The first-order valence-electron chi connectivity index (χ1n) is 8.22. The number of sulfone groups is 1. The second-order valence-corrected chi connectivity index (χ2v) is 8.21. The Kier molecular flexibility index (Phi) is 4.96. The maximum atomic E-state index is 12.4. The smallest absolute Gasteiger partial charge is 0.180 e. The lowest BCUT2D eigenvalue weighted by Crippen LogP contribution is -2.24. The maximum Gasteiger partial charge on any atom is 0.180 e. The fourth-order valence-electron chi connectivity index (χ4n) is 3.26. The van der Waals surface area contributed by atoms with Gasteiger partial charge < -0.3 is 14.1 Å². The van der Waals surface area contributed by atoms with E-state index in [4.69, 9.17) is 9.15 Å². The van der Waals surface area contributed by atoms with E-state index in [2.05, 4.69) is 4.90 Å². The summed E-state index contributed by atoms with van der Waals surface area (Å²) in [5.41, 5.74) is 0.770. The van der Waals surface area contributed by atoms with Crippen molar-refractivity contribution in [2.75, 3.05) is 24.3 Å². The summed E-state index contributed by atoms with van der Waals surface area (Å²) < 4.78 is 35.9. The lowest BCUT2D eigenvalue weighted by molar-refractivity contribution is 0.162. The molecule has 1 atom stereocenters. The van der Waals surface area contributed by atoms with Crippen LogP contribution >= 0.6 is 0 Å². The predicted molar refractivity (Wildman–Crippen MR) is 92.9 cm³/mol. The third-order valence-corrected chi connectivity index (χ3v) is 6.22. The molecule has 5 nitrogen and oxygen atoms in total. The summed E-state index contributed by atoms with van der Waals surface area (Å²) in [6.45, 7) is 2.94. The average molecular weight is 349 g/mol. The summed E-state index contributed by atoms with van der Waals surface area (Å²) in [5.74, 6) is 1.75. The Morgan fingerprint density at radius 1 is 1.25 bits per heavy atom. The molecule has 0 spiro atoms. The lowest BCUT2D eigenvalue weighted by Gasteiger charge is -2.27. The minimum atomic E-state index is -3.27.